The molecule has 468 valence electrons. The summed E-state index contributed by atoms with van der Waals surface area (Å²) in [5, 5.41) is 33.6. The molecule has 16 atom stereocenters. The molecular weight excluding hydrogens is 1080 g/mol. The minimum atomic E-state index is -2.47. The number of likely N-dealkylation sites (N-methyl/N-ethyl adjacent to an activating group) is 1. The molecule has 0 aromatic carbocycles. The Labute approximate surface area is 497 Å². The smallest absolute Gasteiger partial charge is 0.329 e. The molecule has 5 aliphatic rings. The van der Waals surface area contributed by atoms with Gasteiger partial charge in [0.2, 0.25) is 11.7 Å². The van der Waals surface area contributed by atoms with Crippen molar-refractivity contribution >= 4 is 41.1 Å². The van der Waals surface area contributed by atoms with Crippen LogP contribution in [0.25, 0.3) is 0 Å². The number of esters is 2. The first-order chi connectivity index (χ1) is 40.0. The Bertz CT molecular complexity index is 2500. The molecule has 3 N–H and O–H groups in total. The number of methoxy groups -OCH3 is 3. The number of amides is 1. The summed E-state index contributed by atoms with van der Waals surface area (Å²) in [5.74, 6) is -8.30. The number of Topliss-reactive ketones (excluding diaryl/α,β-unsaturated/α-hetero) is 3. The number of aryl methyl sites for hydroxylation is 1. The lowest BCUT2D eigenvalue weighted by Gasteiger charge is -2.42. The molecule has 20 heteroatoms. The van der Waals surface area contributed by atoms with Crippen LogP contribution in [0, 0.1) is 35.5 Å². The summed E-state index contributed by atoms with van der Waals surface area (Å²) in [6, 6.07) is -1.30. The number of ether oxygens (including phenoxy) is 6. The number of ketones is 3. The second-order valence-electron chi connectivity index (χ2n) is 24.7. The topological polar surface area (TPSA) is 254 Å². The third-order valence-electron chi connectivity index (χ3n) is 18.2. The van der Waals surface area contributed by atoms with Crippen molar-refractivity contribution < 1.29 is 72.5 Å². The van der Waals surface area contributed by atoms with Crippen LogP contribution in [0.4, 0.5) is 5.95 Å². The summed E-state index contributed by atoms with van der Waals surface area (Å²) in [6.45, 7) is 14.9. The molecule has 2 bridgehead atoms. The van der Waals surface area contributed by atoms with E-state index in [0.717, 1.165) is 17.7 Å². The van der Waals surface area contributed by atoms with Crippen molar-refractivity contribution in [3.63, 3.8) is 0 Å². The molecule has 4 fully saturated rings. The molecule has 6 rings (SSSR count). The molecule has 0 radical (unpaired) electrons. The van der Waals surface area contributed by atoms with Crippen LogP contribution in [-0.4, -0.2) is 192 Å². The largest absolute Gasteiger partial charge is 0.460 e. The van der Waals surface area contributed by atoms with Gasteiger partial charge in [0, 0.05) is 96.9 Å². The first kappa shape index (κ1) is 68.1. The van der Waals surface area contributed by atoms with Gasteiger partial charge in [-0.2, -0.15) is 0 Å². The molecule has 4 aliphatic heterocycles. The van der Waals surface area contributed by atoms with Crippen LogP contribution >= 0.6 is 0 Å². The van der Waals surface area contributed by atoms with Gasteiger partial charge in [-0.05, 0) is 126 Å². The average Bonchev–Trinajstić information content (AvgIpc) is 3.67. The van der Waals surface area contributed by atoms with Crippen LogP contribution in [0.2, 0.25) is 0 Å². The standard InChI is InChI=1S/C64H97N5O15/c1-39-17-13-12-14-18-40(2)53(79-9)33-49-23-20-45(7)64(78,84-49)60(75)61(76)69-26-16-15-19-50(69)62(77)83-54(34-51(71)41(3)30-44(6)58(74)59(81-11)57(73)43(5)29-39)42(4)31-46-21-24-52(55(32-46)80-10)82-56(72)25-22-47-35-65-63(66-36-47)68-28-27-67(8)37-48(68)38-70/h12-14,17-18,30,35-36,39,41-43,45-46,48-50,52-55,58-59,70,74,78H,15-16,19-29,31-34,37-38H2,1-11H3/b14-12+,17-13+,40-18+,44-30+/t39-,41-,42-,43?,45-,46+,48?,49+,50+,52-,53+,54+,55-,58-,59+,64-/m1/s1. The van der Waals surface area contributed by atoms with E-state index in [1.54, 1.807) is 53.5 Å². The molecule has 20 nitrogen and oxygen atoms in total. The maximum Gasteiger partial charge on any atom is 0.329 e. The highest BCUT2D eigenvalue weighted by molar-refractivity contribution is 6.39. The minimum absolute atomic E-state index is 0.00528. The number of aliphatic hydroxyl groups is 3. The Balaban J connectivity index is 1.20. The molecule has 2 unspecified atom stereocenters. The molecule has 0 spiro atoms. The van der Waals surface area contributed by atoms with Crippen LogP contribution in [0.5, 0.6) is 0 Å². The van der Waals surface area contributed by atoms with Crippen molar-refractivity contribution in [2.45, 2.75) is 199 Å². The number of allylic oxidation sites excluding steroid dienone is 6. The third-order valence-corrected chi connectivity index (χ3v) is 18.2. The van der Waals surface area contributed by atoms with E-state index in [-0.39, 0.29) is 67.8 Å². The van der Waals surface area contributed by atoms with Gasteiger partial charge in [-0.1, -0.05) is 71.1 Å². The minimum Gasteiger partial charge on any atom is -0.460 e. The molecular formula is C64H97N5O15. The highest BCUT2D eigenvalue weighted by Gasteiger charge is 2.53. The predicted octanol–water partition coefficient (Wildman–Crippen LogP) is 6.27. The number of nitrogens with zero attached hydrogens (tertiary/aromatic N) is 5. The summed E-state index contributed by atoms with van der Waals surface area (Å²) >= 11 is 0. The van der Waals surface area contributed by atoms with Crippen LogP contribution in [0.3, 0.4) is 0 Å². The van der Waals surface area contributed by atoms with E-state index < -0.39 is 95.9 Å². The van der Waals surface area contributed by atoms with Crippen LogP contribution in [-0.2, 0) is 63.6 Å². The fraction of sp³-hybridized carbons (Fsp3) is 0.719. The molecule has 1 saturated carbocycles. The summed E-state index contributed by atoms with van der Waals surface area (Å²) < 4.78 is 36.0. The van der Waals surface area contributed by atoms with Crippen LogP contribution < -0.4 is 4.90 Å². The Morgan fingerprint density at radius 3 is 2.27 bits per heavy atom. The molecule has 1 aromatic heterocycles. The number of cyclic esters (lactones) is 1. The average molecular weight is 1180 g/mol. The maximum absolute atomic E-state index is 14.7. The fourth-order valence-corrected chi connectivity index (χ4v) is 12.8. The zero-order valence-electron chi connectivity index (χ0n) is 51.7. The quantitative estimate of drug-likeness (QED) is 0.118. The number of rotatable bonds is 12. The van der Waals surface area contributed by atoms with Crippen molar-refractivity contribution in [1.29, 1.82) is 0 Å². The third kappa shape index (κ3) is 18.0. The van der Waals surface area contributed by atoms with E-state index in [1.807, 2.05) is 70.0 Å². The van der Waals surface area contributed by atoms with Crippen molar-refractivity contribution in [3.05, 3.63) is 65.6 Å². The van der Waals surface area contributed by atoms with Gasteiger partial charge in [0.25, 0.3) is 11.7 Å². The van der Waals surface area contributed by atoms with E-state index in [0.29, 0.717) is 95.2 Å². The number of anilines is 1. The van der Waals surface area contributed by atoms with Crippen molar-refractivity contribution in [2.24, 2.45) is 35.5 Å². The Kier molecular flexibility index (Phi) is 26.0. The second-order valence-corrected chi connectivity index (χ2v) is 24.7. The van der Waals surface area contributed by atoms with Gasteiger partial charge in [0.15, 0.2) is 5.78 Å². The Morgan fingerprint density at radius 2 is 1.58 bits per heavy atom. The first-order valence-electron chi connectivity index (χ1n) is 30.6. The molecule has 84 heavy (non-hydrogen) atoms. The number of piperidine rings is 1. The summed E-state index contributed by atoms with van der Waals surface area (Å²) in [5.41, 5.74) is 2.01. The van der Waals surface area contributed by atoms with Crippen molar-refractivity contribution in [2.75, 3.05) is 66.1 Å². The van der Waals surface area contributed by atoms with Gasteiger partial charge in [-0.15, -0.1) is 0 Å². The molecule has 1 amide bonds. The number of aromatic nitrogens is 2. The zero-order valence-corrected chi connectivity index (χ0v) is 51.7. The van der Waals surface area contributed by atoms with Crippen LogP contribution in [0.1, 0.15) is 138 Å². The SMILES string of the molecule is CO[C@H]1C[C@@H]2CC[C@@H](C)[C@@](O)(O2)C(=O)C(=O)N2CCCC[C@H]2C(=O)O[C@H]([C@H](C)C[C@@H]2CC[C@@H](OC(=O)CCc3cnc(N4CCN(C)CC4CO)nc3)[C@H](OC)C2)CC(=O)[C@H](C)/C=C(\C)[C@@H](O)[C@@H](OC)C(=O)C(C)C[C@H](C)/C=C/C=C/C=C/1C. The lowest BCUT2D eigenvalue weighted by Crippen LogP contribution is -2.61. The van der Waals surface area contributed by atoms with Gasteiger partial charge in [0.05, 0.1) is 31.0 Å². The predicted molar refractivity (Wildman–Crippen MR) is 315 cm³/mol. The Hall–Kier alpha value is -5.06. The first-order valence-corrected chi connectivity index (χ1v) is 30.6. The lowest BCUT2D eigenvalue weighted by atomic mass is 9.78. The van der Waals surface area contributed by atoms with E-state index in [4.69, 9.17) is 28.4 Å². The summed E-state index contributed by atoms with van der Waals surface area (Å²) in [7, 11) is 6.54. The molecule has 5 heterocycles. The van der Waals surface area contributed by atoms with Crippen LogP contribution in [0.15, 0.2) is 60.0 Å². The number of carbonyl (C=O) groups is 6. The number of fused-ring (bicyclic) bond motifs is 3. The van der Waals surface area contributed by atoms with Gasteiger partial charge in [-0.3, -0.25) is 24.0 Å². The van der Waals surface area contributed by atoms with E-state index in [1.165, 1.54) is 12.0 Å². The number of carbonyl (C=O) groups excluding carboxylic acids is 6. The van der Waals surface area contributed by atoms with Gasteiger partial charge in [0.1, 0.15) is 36.2 Å². The summed E-state index contributed by atoms with van der Waals surface area (Å²) in [4.78, 5) is 99.6. The van der Waals surface area contributed by atoms with Crippen molar-refractivity contribution in [1.82, 2.24) is 19.8 Å². The second kappa shape index (κ2) is 32.1. The lowest BCUT2D eigenvalue weighted by molar-refractivity contribution is -0.265. The van der Waals surface area contributed by atoms with Gasteiger partial charge < -0.3 is 58.4 Å². The highest BCUT2D eigenvalue weighted by Crippen LogP contribution is 2.38. The summed E-state index contributed by atoms with van der Waals surface area (Å²) in [6.07, 6.45) is 14.3. The number of piperazine rings is 1. The number of aliphatic hydroxyl groups excluding tert-OH is 2. The van der Waals surface area contributed by atoms with Crippen molar-refractivity contribution in [3.8, 4) is 0 Å². The highest BCUT2D eigenvalue weighted by atomic mass is 16.6. The monoisotopic (exact) mass is 1180 g/mol. The number of hydrogen-bond acceptors (Lipinski definition) is 19. The maximum atomic E-state index is 14.7. The van der Waals surface area contributed by atoms with Gasteiger partial charge in [-0.25, -0.2) is 14.8 Å². The Morgan fingerprint density at radius 1 is 0.845 bits per heavy atom. The molecule has 1 aromatic rings. The number of hydrogen-bond donors (Lipinski definition) is 3. The molecule has 3 saturated heterocycles. The normalized spacial score (nSPS) is 36.1. The van der Waals surface area contributed by atoms with E-state index in [9.17, 15) is 44.1 Å². The van der Waals surface area contributed by atoms with Gasteiger partial charge >= 0.3 is 11.9 Å². The van der Waals surface area contributed by atoms with E-state index in [2.05, 4.69) is 14.9 Å². The zero-order chi connectivity index (χ0) is 61.4. The van der Waals surface area contributed by atoms with E-state index >= 15 is 0 Å². The fourth-order valence-electron chi connectivity index (χ4n) is 12.8. The molecule has 1 aliphatic carbocycles.